The number of methoxy groups -OCH3 is 1. The van der Waals surface area contributed by atoms with Gasteiger partial charge >= 0.3 is 0 Å². The predicted octanol–water partition coefficient (Wildman–Crippen LogP) is 0.691. The second-order valence-corrected chi connectivity index (χ2v) is 3.46. The zero-order valence-corrected chi connectivity index (χ0v) is 9.45. The van der Waals surface area contributed by atoms with E-state index >= 15 is 0 Å². The van der Waals surface area contributed by atoms with Gasteiger partial charge in [0, 0.05) is 25.9 Å². The zero-order chi connectivity index (χ0) is 11.3. The minimum atomic E-state index is 0.135. The Morgan fingerprint density at radius 3 is 2.87 bits per heavy atom. The summed E-state index contributed by atoms with van der Waals surface area (Å²) in [6.07, 6.45) is 0.135. The molecule has 0 saturated carbocycles. The van der Waals surface area contributed by atoms with E-state index < -0.39 is 0 Å². The molecule has 1 atom stereocenters. The molecule has 0 aliphatic carbocycles. The molecule has 5 heteroatoms. The Morgan fingerprint density at radius 2 is 2.27 bits per heavy atom. The summed E-state index contributed by atoms with van der Waals surface area (Å²) in [7, 11) is 1.68. The molecule has 0 bridgehead atoms. The van der Waals surface area contributed by atoms with Gasteiger partial charge in [-0.05, 0) is 19.9 Å². The number of hydrogen-bond acceptors (Lipinski definition) is 5. The number of aryl methyl sites for hydroxylation is 1. The van der Waals surface area contributed by atoms with E-state index in [0.29, 0.717) is 19.0 Å². The standard InChI is InChI=1S/C10H18N4O/c1-7-4-9(5-11)14-10(13-7)12-6-8(2)15-3/h4,8H,5-6,11H2,1-3H3,(H,12,13,14). The quantitative estimate of drug-likeness (QED) is 0.748. The maximum absolute atomic E-state index is 5.53. The van der Waals surface area contributed by atoms with Crippen molar-refractivity contribution >= 4 is 5.95 Å². The lowest BCUT2D eigenvalue weighted by Gasteiger charge is -2.11. The Balaban J connectivity index is 2.64. The molecule has 1 heterocycles. The second kappa shape index (κ2) is 5.63. The predicted molar refractivity (Wildman–Crippen MR) is 59.6 cm³/mol. The van der Waals surface area contributed by atoms with Crippen molar-refractivity contribution in [3.8, 4) is 0 Å². The largest absolute Gasteiger partial charge is 0.380 e. The molecule has 0 amide bonds. The Labute approximate surface area is 90.1 Å². The molecule has 0 aromatic carbocycles. The number of nitrogens with zero attached hydrogens (tertiary/aromatic N) is 2. The molecule has 15 heavy (non-hydrogen) atoms. The lowest BCUT2D eigenvalue weighted by atomic mass is 10.3. The fraction of sp³-hybridized carbons (Fsp3) is 0.600. The van der Waals surface area contributed by atoms with E-state index in [9.17, 15) is 0 Å². The van der Waals surface area contributed by atoms with Gasteiger partial charge in [-0.15, -0.1) is 0 Å². The van der Waals surface area contributed by atoms with Crippen LogP contribution in [0.25, 0.3) is 0 Å². The first kappa shape index (κ1) is 11.9. The molecule has 1 aromatic heterocycles. The van der Waals surface area contributed by atoms with Crippen LogP contribution in [0.15, 0.2) is 6.07 Å². The fourth-order valence-electron chi connectivity index (χ4n) is 1.14. The maximum atomic E-state index is 5.53. The summed E-state index contributed by atoms with van der Waals surface area (Å²) in [5, 5.41) is 3.11. The van der Waals surface area contributed by atoms with Crippen molar-refractivity contribution < 1.29 is 4.74 Å². The average Bonchev–Trinajstić information content (AvgIpc) is 2.25. The molecule has 3 N–H and O–H groups in total. The van der Waals surface area contributed by atoms with Crippen LogP contribution in [-0.2, 0) is 11.3 Å². The molecule has 1 rings (SSSR count). The minimum absolute atomic E-state index is 0.135. The molecular weight excluding hydrogens is 192 g/mol. The average molecular weight is 210 g/mol. The smallest absolute Gasteiger partial charge is 0.223 e. The third-order valence-corrected chi connectivity index (χ3v) is 2.07. The number of nitrogens with two attached hydrogens (primary N) is 1. The highest BCUT2D eigenvalue weighted by atomic mass is 16.5. The Morgan fingerprint density at radius 1 is 1.53 bits per heavy atom. The molecule has 5 nitrogen and oxygen atoms in total. The SMILES string of the molecule is COC(C)CNc1nc(C)cc(CN)n1. The topological polar surface area (TPSA) is 73.1 Å². The van der Waals surface area contributed by atoms with Crippen LogP contribution in [0.2, 0.25) is 0 Å². The summed E-state index contributed by atoms with van der Waals surface area (Å²) in [6, 6.07) is 1.88. The van der Waals surface area contributed by atoms with E-state index in [2.05, 4.69) is 15.3 Å². The third-order valence-electron chi connectivity index (χ3n) is 2.07. The first-order valence-electron chi connectivity index (χ1n) is 4.97. The molecule has 0 fully saturated rings. The van der Waals surface area contributed by atoms with Gasteiger partial charge in [0.25, 0.3) is 0 Å². The minimum Gasteiger partial charge on any atom is -0.380 e. The molecule has 0 radical (unpaired) electrons. The number of hydrogen-bond donors (Lipinski definition) is 2. The van der Waals surface area contributed by atoms with E-state index in [-0.39, 0.29) is 6.10 Å². The van der Waals surface area contributed by atoms with Gasteiger partial charge < -0.3 is 15.8 Å². The Kier molecular flexibility index (Phi) is 4.45. The van der Waals surface area contributed by atoms with Crippen molar-refractivity contribution in [2.75, 3.05) is 19.0 Å². The second-order valence-electron chi connectivity index (χ2n) is 3.46. The van der Waals surface area contributed by atoms with Crippen LogP contribution in [-0.4, -0.2) is 29.7 Å². The van der Waals surface area contributed by atoms with Gasteiger partial charge in [-0.1, -0.05) is 0 Å². The molecule has 0 aliphatic heterocycles. The molecule has 1 aromatic rings. The van der Waals surface area contributed by atoms with Crippen molar-refractivity contribution in [3.05, 3.63) is 17.5 Å². The monoisotopic (exact) mass is 210 g/mol. The maximum Gasteiger partial charge on any atom is 0.223 e. The van der Waals surface area contributed by atoms with Gasteiger partial charge in [-0.2, -0.15) is 0 Å². The van der Waals surface area contributed by atoms with E-state index in [4.69, 9.17) is 10.5 Å². The van der Waals surface area contributed by atoms with E-state index in [1.54, 1.807) is 7.11 Å². The van der Waals surface area contributed by atoms with Gasteiger partial charge in [0.1, 0.15) is 0 Å². The van der Waals surface area contributed by atoms with Crippen molar-refractivity contribution in [1.82, 2.24) is 9.97 Å². The van der Waals surface area contributed by atoms with Crippen molar-refractivity contribution in [2.24, 2.45) is 5.73 Å². The Hall–Kier alpha value is -1.20. The summed E-state index contributed by atoms with van der Waals surface area (Å²) in [6.45, 7) is 5.01. The number of nitrogens with one attached hydrogen (secondary N) is 1. The lowest BCUT2D eigenvalue weighted by molar-refractivity contribution is 0.128. The number of ether oxygens (including phenoxy) is 1. The number of rotatable bonds is 5. The molecule has 0 aliphatic rings. The zero-order valence-electron chi connectivity index (χ0n) is 9.45. The van der Waals surface area contributed by atoms with Crippen molar-refractivity contribution in [1.29, 1.82) is 0 Å². The van der Waals surface area contributed by atoms with Crippen molar-refractivity contribution in [2.45, 2.75) is 26.5 Å². The normalized spacial score (nSPS) is 12.5. The summed E-state index contributed by atoms with van der Waals surface area (Å²) in [5.74, 6) is 0.611. The van der Waals surface area contributed by atoms with E-state index in [0.717, 1.165) is 11.4 Å². The number of anilines is 1. The highest BCUT2D eigenvalue weighted by Crippen LogP contribution is 2.04. The van der Waals surface area contributed by atoms with Crippen LogP contribution >= 0.6 is 0 Å². The van der Waals surface area contributed by atoms with E-state index in [1.165, 1.54) is 0 Å². The first-order valence-corrected chi connectivity index (χ1v) is 4.97. The van der Waals surface area contributed by atoms with Crippen LogP contribution in [0, 0.1) is 6.92 Å². The fourth-order valence-corrected chi connectivity index (χ4v) is 1.14. The first-order chi connectivity index (χ1) is 7.15. The Bertz CT molecular complexity index is 316. The van der Waals surface area contributed by atoms with Gasteiger partial charge in [-0.25, -0.2) is 9.97 Å². The van der Waals surface area contributed by atoms with Crippen LogP contribution in [0.5, 0.6) is 0 Å². The highest BCUT2D eigenvalue weighted by molar-refractivity contribution is 5.28. The lowest BCUT2D eigenvalue weighted by Crippen LogP contribution is -2.20. The van der Waals surface area contributed by atoms with Crippen LogP contribution in [0.3, 0.4) is 0 Å². The third kappa shape index (κ3) is 3.81. The van der Waals surface area contributed by atoms with Gasteiger partial charge in [0.05, 0.1) is 11.8 Å². The van der Waals surface area contributed by atoms with Crippen LogP contribution in [0.4, 0.5) is 5.95 Å². The summed E-state index contributed by atoms with van der Waals surface area (Å²) < 4.78 is 5.12. The summed E-state index contributed by atoms with van der Waals surface area (Å²) in [5.41, 5.74) is 7.28. The van der Waals surface area contributed by atoms with Crippen LogP contribution in [0.1, 0.15) is 18.3 Å². The van der Waals surface area contributed by atoms with Crippen LogP contribution < -0.4 is 11.1 Å². The summed E-state index contributed by atoms with van der Waals surface area (Å²) >= 11 is 0. The molecule has 0 spiro atoms. The number of aromatic nitrogens is 2. The van der Waals surface area contributed by atoms with Gasteiger partial charge in [0.15, 0.2) is 0 Å². The van der Waals surface area contributed by atoms with Gasteiger partial charge in [0.2, 0.25) is 5.95 Å². The molecule has 84 valence electrons. The molecule has 0 saturated heterocycles. The van der Waals surface area contributed by atoms with Gasteiger partial charge in [-0.3, -0.25) is 0 Å². The molecular formula is C10H18N4O. The molecule has 1 unspecified atom stereocenters. The summed E-state index contributed by atoms with van der Waals surface area (Å²) in [4.78, 5) is 8.51. The van der Waals surface area contributed by atoms with Crippen molar-refractivity contribution in [3.63, 3.8) is 0 Å². The highest BCUT2D eigenvalue weighted by Gasteiger charge is 2.03. The van der Waals surface area contributed by atoms with E-state index in [1.807, 2.05) is 19.9 Å².